The average Bonchev–Trinajstić information content (AvgIpc) is 3.10. The van der Waals surface area contributed by atoms with Crippen molar-refractivity contribution in [2.75, 3.05) is 32.7 Å². The van der Waals surface area contributed by atoms with E-state index in [1.165, 1.54) is 0 Å². The molecule has 1 saturated heterocycles. The number of amides is 1. The van der Waals surface area contributed by atoms with Crippen molar-refractivity contribution in [1.82, 2.24) is 10.0 Å². The molecule has 0 saturated carbocycles. The molecule has 1 aromatic heterocycles. The van der Waals surface area contributed by atoms with Gasteiger partial charge < -0.3 is 9.15 Å². The lowest BCUT2D eigenvalue weighted by atomic mass is 10.1. The number of rotatable bonds is 5. The van der Waals surface area contributed by atoms with Crippen LogP contribution in [0.2, 0.25) is 0 Å². The minimum atomic E-state index is -3.06. The largest absolute Gasteiger partial charge is 0.497 e. The van der Waals surface area contributed by atoms with E-state index >= 15 is 0 Å². The summed E-state index contributed by atoms with van der Waals surface area (Å²) in [6, 6.07) is 5.14. The summed E-state index contributed by atoms with van der Waals surface area (Å²) in [5, 5.41) is 4.07. The lowest BCUT2D eigenvalue weighted by Crippen LogP contribution is -2.49. The third-order valence-corrected chi connectivity index (χ3v) is 6.20. The maximum Gasteiger partial charge on any atom is 0.241 e. The van der Waals surface area contributed by atoms with Crippen LogP contribution in [0.25, 0.3) is 11.0 Å². The van der Waals surface area contributed by atoms with E-state index in [-0.39, 0.29) is 29.9 Å². The van der Waals surface area contributed by atoms with Crippen molar-refractivity contribution < 1.29 is 22.4 Å². The van der Waals surface area contributed by atoms with E-state index in [4.69, 9.17) is 9.15 Å². The fraction of sp³-hybridized carbons (Fsp3) is 0.471. The lowest BCUT2D eigenvalue weighted by Gasteiger charge is -2.33. The highest BCUT2D eigenvalue weighted by molar-refractivity contribution is 7.91. The highest BCUT2D eigenvalue weighted by atomic mass is 32.2. The van der Waals surface area contributed by atoms with Crippen LogP contribution in [0.4, 0.5) is 0 Å². The van der Waals surface area contributed by atoms with Gasteiger partial charge in [-0.1, -0.05) is 0 Å². The number of carbonyl (C=O) groups is 1. The van der Waals surface area contributed by atoms with Crippen LogP contribution in [0.3, 0.4) is 0 Å². The number of furan rings is 1. The van der Waals surface area contributed by atoms with Gasteiger partial charge in [-0.05, 0) is 18.6 Å². The van der Waals surface area contributed by atoms with Gasteiger partial charge in [0.2, 0.25) is 5.91 Å². The smallest absolute Gasteiger partial charge is 0.241 e. The van der Waals surface area contributed by atoms with Crippen molar-refractivity contribution in [3.05, 3.63) is 30.0 Å². The molecule has 7 nitrogen and oxygen atoms in total. The number of carbonyl (C=O) groups excluding carboxylic acids is 1. The first-order chi connectivity index (χ1) is 11.8. The molecule has 0 spiro atoms. The van der Waals surface area contributed by atoms with Crippen LogP contribution in [0.15, 0.2) is 28.9 Å². The molecule has 1 fully saturated rings. The van der Waals surface area contributed by atoms with E-state index < -0.39 is 9.84 Å². The highest BCUT2D eigenvalue weighted by Gasteiger charge is 2.36. The normalized spacial score (nSPS) is 19.4. The van der Waals surface area contributed by atoms with Crippen LogP contribution in [0.1, 0.15) is 12.0 Å². The summed E-state index contributed by atoms with van der Waals surface area (Å²) in [5.41, 5.74) is 1.43. The molecule has 0 aliphatic carbocycles. The Morgan fingerprint density at radius 1 is 1.36 bits per heavy atom. The number of ether oxygens (including phenoxy) is 1. The maximum atomic E-state index is 12.8. The summed E-state index contributed by atoms with van der Waals surface area (Å²) in [5.74, 6) is 0.681. The number of hydrazine groups is 1. The van der Waals surface area contributed by atoms with Gasteiger partial charge in [-0.2, -0.15) is 0 Å². The molecule has 1 aromatic carbocycles. The zero-order valence-electron chi connectivity index (χ0n) is 14.6. The van der Waals surface area contributed by atoms with Crippen molar-refractivity contribution in [3.8, 4) is 5.75 Å². The number of methoxy groups -OCH3 is 1. The number of nitrogens with zero attached hydrogens (tertiary/aromatic N) is 2. The van der Waals surface area contributed by atoms with Crippen LogP contribution in [-0.2, 0) is 21.1 Å². The predicted molar refractivity (Wildman–Crippen MR) is 94.1 cm³/mol. The molecule has 1 atom stereocenters. The van der Waals surface area contributed by atoms with Crippen LogP contribution in [-0.4, -0.2) is 63.1 Å². The van der Waals surface area contributed by atoms with Crippen molar-refractivity contribution in [3.63, 3.8) is 0 Å². The second-order valence-corrected chi connectivity index (χ2v) is 8.67. The molecule has 2 heterocycles. The van der Waals surface area contributed by atoms with Crippen LogP contribution < -0.4 is 4.74 Å². The number of benzene rings is 1. The minimum absolute atomic E-state index is 0.0141. The summed E-state index contributed by atoms with van der Waals surface area (Å²) in [6.45, 7) is 0. The van der Waals surface area contributed by atoms with Gasteiger partial charge in [-0.15, -0.1) is 0 Å². The van der Waals surface area contributed by atoms with E-state index in [0.29, 0.717) is 17.8 Å². The summed E-state index contributed by atoms with van der Waals surface area (Å²) >= 11 is 0. The molecule has 136 valence electrons. The first-order valence-corrected chi connectivity index (χ1v) is 9.86. The molecule has 25 heavy (non-hydrogen) atoms. The predicted octanol–water partition coefficient (Wildman–Crippen LogP) is 1.48. The standard InChI is InChI=1S/C17H22N2O5S/c1-18(2)19(13-6-7-25(21,22)11-13)17(20)8-12-10-24-16-9-14(23-3)4-5-15(12)16/h4-5,9-10,13H,6-8,11H2,1-3H3/t13-/m0/s1. The fourth-order valence-electron chi connectivity index (χ4n) is 3.29. The molecule has 3 rings (SSSR count). The van der Waals surface area contributed by atoms with E-state index in [1.54, 1.807) is 43.6 Å². The lowest BCUT2D eigenvalue weighted by molar-refractivity contribution is -0.148. The fourth-order valence-corrected chi connectivity index (χ4v) is 4.98. The Bertz CT molecular complexity index is 888. The van der Waals surface area contributed by atoms with Gasteiger partial charge in [0.05, 0.1) is 37.3 Å². The molecule has 0 unspecified atom stereocenters. The zero-order chi connectivity index (χ0) is 18.2. The Kier molecular flexibility index (Phi) is 4.75. The Morgan fingerprint density at radius 2 is 2.12 bits per heavy atom. The number of hydrogen-bond acceptors (Lipinski definition) is 6. The van der Waals surface area contributed by atoms with Crippen molar-refractivity contribution in [2.45, 2.75) is 18.9 Å². The van der Waals surface area contributed by atoms with Crippen molar-refractivity contribution in [1.29, 1.82) is 0 Å². The van der Waals surface area contributed by atoms with Crippen LogP contribution in [0.5, 0.6) is 5.75 Å². The Hall–Kier alpha value is -2.06. The minimum Gasteiger partial charge on any atom is -0.497 e. The second-order valence-electron chi connectivity index (χ2n) is 6.44. The summed E-state index contributed by atoms with van der Waals surface area (Å²) in [4.78, 5) is 12.8. The molecule has 0 N–H and O–H groups in total. The number of hydrogen-bond donors (Lipinski definition) is 0. The van der Waals surface area contributed by atoms with E-state index in [1.807, 2.05) is 12.1 Å². The topological polar surface area (TPSA) is 80.1 Å². The van der Waals surface area contributed by atoms with Gasteiger partial charge in [0.25, 0.3) is 0 Å². The maximum absolute atomic E-state index is 12.8. The van der Waals surface area contributed by atoms with Gasteiger partial charge >= 0.3 is 0 Å². The van der Waals surface area contributed by atoms with E-state index in [2.05, 4.69) is 0 Å². The van der Waals surface area contributed by atoms with E-state index in [0.717, 1.165) is 10.9 Å². The third-order valence-electron chi connectivity index (χ3n) is 4.45. The molecule has 1 aliphatic rings. The molecule has 0 bridgehead atoms. The molecule has 2 aromatic rings. The van der Waals surface area contributed by atoms with Crippen molar-refractivity contribution >= 4 is 26.7 Å². The molecular weight excluding hydrogens is 344 g/mol. The monoisotopic (exact) mass is 366 g/mol. The molecule has 8 heteroatoms. The van der Waals surface area contributed by atoms with Crippen molar-refractivity contribution in [2.24, 2.45) is 0 Å². The van der Waals surface area contributed by atoms with Gasteiger partial charge in [0.15, 0.2) is 9.84 Å². The van der Waals surface area contributed by atoms with Gasteiger partial charge in [-0.25, -0.2) is 13.4 Å². The quantitative estimate of drug-likeness (QED) is 0.746. The number of sulfone groups is 1. The van der Waals surface area contributed by atoms with Crippen LogP contribution >= 0.6 is 0 Å². The Balaban J connectivity index is 1.82. The molecule has 1 amide bonds. The molecule has 0 radical (unpaired) electrons. The first kappa shape index (κ1) is 17.8. The second kappa shape index (κ2) is 6.68. The van der Waals surface area contributed by atoms with Crippen LogP contribution in [0, 0.1) is 0 Å². The summed E-state index contributed by atoms with van der Waals surface area (Å²) in [6.07, 6.45) is 2.19. The molecular formula is C17H22N2O5S. The summed E-state index contributed by atoms with van der Waals surface area (Å²) < 4.78 is 34.2. The van der Waals surface area contributed by atoms with E-state index in [9.17, 15) is 13.2 Å². The van der Waals surface area contributed by atoms with Gasteiger partial charge in [0, 0.05) is 31.1 Å². The molecule has 1 aliphatic heterocycles. The third kappa shape index (κ3) is 3.64. The average molecular weight is 366 g/mol. The highest BCUT2D eigenvalue weighted by Crippen LogP contribution is 2.27. The number of fused-ring (bicyclic) bond motifs is 1. The summed E-state index contributed by atoms with van der Waals surface area (Å²) in [7, 11) is 2.02. The first-order valence-electron chi connectivity index (χ1n) is 8.04. The van der Waals surface area contributed by atoms with Gasteiger partial charge in [0.1, 0.15) is 11.3 Å². The van der Waals surface area contributed by atoms with Gasteiger partial charge in [-0.3, -0.25) is 9.80 Å². The Morgan fingerprint density at radius 3 is 2.72 bits per heavy atom. The Labute approximate surface area is 147 Å². The SMILES string of the molecule is COc1ccc2c(CC(=O)N([C@H]3CCS(=O)(=O)C3)N(C)C)coc2c1. The zero-order valence-corrected chi connectivity index (χ0v) is 15.4.